The number of nitrogens with zero attached hydrogens (tertiary/aromatic N) is 3. The number of rotatable bonds is 6. The van der Waals surface area contributed by atoms with Gasteiger partial charge in [-0.2, -0.15) is 0 Å². The number of amides is 1. The largest absolute Gasteiger partial charge is 0.481 e. The lowest BCUT2D eigenvalue weighted by atomic mass is 10.2. The number of hydrogen-bond donors (Lipinski definition) is 2. The molecular formula is C12H13ClN4O3S. The summed E-state index contributed by atoms with van der Waals surface area (Å²) in [5.41, 5.74) is 6.32. The van der Waals surface area contributed by atoms with Gasteiger partial charge < -0.3 is 15.4 Å². The van der Waals surface area contributed by atoms with E-state index in [0.29, 0.717) is 21.3 Å². The Kier molecular flexibility index (Phi) is 4.69. The van der Waals surface area contributed by atoms with E-state index in [1.165, 1.54) is 6.20 Å². The van der Waals surface area contributed by atoms with Crippen LogP contribution in [0.5, 0.6) is 0 Å². The fourth-order valence-electron chi connectivity index (χ4n) is 1.94. The van der Waals surface area contributed by atoms with Crippen LogP contribution >= 0.6 is 23.4 Å². The van der Waals surface area contributed by atoms with Crippen LogP contribution in [0.3, 0.4) is 0 Å². The second kappa shape index (κ2) is 6.31. The Morgan fingerprint density at radius 3 is 2.90 bits per heavy atom. The first kappa shape index (κ1) is 15.6. The van der Waals surface area contributed by atoms with Crippen LogP contribution in [0.4, 0.5) is 0 Å². The molecular weight excluding hydrogens is 316 g/mol. The number of imidazole rings is 1. The smallest absolute Gasteiger partial charge is 0.313 e. The first-order chi connectivity index (χ1) is 9.88. The number of hydrogen-bond acceptors (Lipinski definition) is 5. The number of fused-ring (bicyclic) bond motifs is 1. The number of primary amides is 1. The highest BCUT2D eigenvalue weighted by Gasteiger charge is 2.19. The minimum Gasteiger partial charge on any atom is -0.481 e. The van der Waals surface area contributed by atoms with Gasteiger partial charge in [-0.25, -0.2) is 9.97 Å². The number of carbonyl (C=O) groups excluding carboxylic acids is 1. The van der Waals surface area contributed by atoms with Gasteiger partial charge in [0.15, 0.2) is 10.8 Å². The van der Waals surface area contributed by atoms with Gasteiger partial charge in [0.1, 0.15) is 5.52 Å². The Bertz CT molecular complexity index is 703. The summed E-state index contributed by atoms with van der Waals surface area (Å²) in [6.45, 7) is 1.80. The highest BCUT2D eigenvalue weighted by Crippen LogP contribution is 2.29. The molecule has 1 unspecified atom stereocenters. The van der Waals surface area contributed by atoms with Crippen LogP contribution in [-0.2, 0) is 9.59 Å². The SMILES string of the molecule is CC(CC(N)=O)n1c(SCC(=O)O)nc2cc(Cl)cnc21. The normalized spacial score (nSPS) is 12.5. The molecule has 1 amide bonds. The number of carbonyl (C=O) groups is 2. The van der Waals surface area contributed by atoms with Crippen LogP contribution in [0.15, 0.2) is 17.4 Å². The molecule has 1 atom stereocenters. The number of nitrogens with two attached hydrogens (primary N) is 1. The van der Waals surface area contributed by atoms with Crippen molar-refractivity contribution in [3.05, 3.63) is 17.3 Å². The molecule has 0 radical (unpaired) electrons. The molecule has 0 aliphatic heterocycles. The number of halogens is 1. The molecule has 0 aromatic carbocycles. The average molecular weight is 329 g/mol. The number of pyridine rings is 1. The Labute approximate surface area is 129 Å². The van der Waals surface area contributed by atoms with E-state index in [2.05, 4.69) is 9.97 Å². The maximum atomic E-state index is 11.1. The summed E-state index contributed by atoms with van der Waals surface area (Å²) in [6, 6.07) is 1.36. The van der Waals surface area contributed by atoms with E-state index in [9.17, 15) is 9.59 Å². The summed E-state index contributed by atoms with van der Waals surface area (Å²) >= 11 is 6.94. The average Bonchev–Trinajstić information content (AvgIpc) is 2.72. The van der Waals surface area contributed by atoms with Gasteiger partial charge in [0, 0.05) is 18.7 Å². The molecule has 0 fully saturated rings. The van der Waals surface area contributed by atoms with Crippen LogP contribution in [0.25, 0.3) is 11.2 Å². The molecule has 0 aliphatic rings. The number of aliphatic carboxylic acids is 1. The molecule has 2 heterocycles. The van der Waals surface area contributed by atoms with Crippen LogP contribution < -0.4 is 5.73 Å². The second-order valence-corrected chi connectivity index (χ2v) is 5.84. The van der Waals surface area contributed by atoms with E-state index in [0.717, 1.165) is 11.8 Å². The summed E-state index contributed by atoms with van der Waals surface area (Å²) < 4.78 is 1.71. The van der Waals surface area contributed by atoms with Crippen LogP contribution in [0, 0.1) is 0 Å². The van der Waals surface area contributed by atoms with Crippen LogP contribution in [0.2, 0.25) is 5.02 Å². The number of aromatic nitrogens is 3. The zero-order chi connectivity index (χ0) is 15.6. The first-order valence-corrected chi connectivity index (χ1v) is 7.41. The van der Waals surface area contributed by atoms with E-state index in [1.54, 1.807) is 17.6 Å². The molecule has 0 spiro atoms. The highest BCUT2D eigenvalue weighted by molar-refractivity contribution is 7.99. The molecule has 7 nitrogen and oxygen atoms in total. The Balaban J connectivity index is 2.48. The highest BCUT2D eigenvalue weighted by atomic mass is 35.5. The predicted molar refractivity (Wildman–Crippen MR) is 79.4 cm³/mol. The lowest BCUT2D eigenvalue weighted by Crippen LogP contribution is -2.18. The van der Waals surface area contributed by atoms with E-state index in [-0.39, 0.29) is 18.2 Å². The molecule has 2 aromatic heterocycles. The summed E-state index contributed by atoms with van der Waals surface area (Å²) in [7, 11) is 0. The molecule has 0 bridgehead atoms. The van der Waals surface area contributed by atoms with Crippen molar-refractivity contribution in [2.24, 2.45) is 5.73 Å². The molecule has 2 aromatic rings. The fourth-order valence-corrected chi connectivity index (χ4v) is 2.92. The molecule has 2 rings (SSSR count). The topological polar surface area (TPSA) is 111 Å². The summed E-state index contributed by atoms with van der Waals surface area (Å²) in [5.74, 6) is -1.54. The third kappa shape index (κ3) is 3.64. The minimum atomic E-state index is -0.952. The van der Waals surface area contributed by atoms with Crippen molar-refractivity contribution in [1.29, 1.82) is 0 Å². The lowest BCUT2D eigenvalue weighted by Gasteiger charge is -2.14. The lowest BCUT2D eigenvalue weighted by molar-refractivity contribution is -0.134. The van der Waals surface area contributed by atoms with E-state index >= 15 is 0 Å². The number of carboxylic acid groups (broad SMARTS) is 1. The van der Waals surface area contributed by atoms with E-state index < -0.39 is 11.9 Å². The zero-order valence-electron chi connectivity index (χ0n) is 11.1. The van der Waals surface area contributed by atoms with Crippen molar-refractivity contribution in [2.45, 2.75) is 24.5 Å². The molecule has 0 aliphatic carbocycles. The van der Waals surface area contributed by atoms with Crippen molar-refractivity contribution in [3.63, 3.8) is 0 Å². The van der Waals surface area contributed by atoms with Crippen molar-refractivity contribution in [1.82, 2.24) is 14.5 Å². The summed E-state index contributed by atoms with van der Waals surface area (Å²) in [6.07, 6.45) is 1.58. The van der Waals surface area contributed by atoms with Gasteiger partial charge in [-0.1, -0.05) is 23.4 Å². The molecule has 3 N–H and O–H groups in total. The van der Waals surface area contributed by atoms with E-state index in [1.807, 2.05) is 0 Å². The summed E-state index contributed by atoms with van der Waals surface area (Å²) in [5, 5.41) is 9.70. The van der Waals surface area contributed by atoms with Crippen molar-refractivity contribution < 1.29 is 14.7 Å². The third-order valence-corrected chi connectivity index (χ3v) is 3.87. The van der Waals surface area contributed by atoms with Crippen molar-refractivity contribution in [2.75, 3.05) is 5.75 Å². The maximum absolute atomic E-state index is 11.1. The number of thioether (sulfide) groups is 1. The molecule has 21 heavy (non-hydrogen) atoms. The van der Waals surface area contributed by atoms with Crippen molar-refractivity contribution >= 4 is 46.4 Å². The standard InChI is InChI=1S/C12H13ClN4O3S/c1-6(2-9(14)18)17-11-8(3-7(13)4-15-11)16-12(17)21-5-10(19)20/h3-4,6H,2,5H2,1H3,(H2,14,18)(H,19,20). The van der Waals surface area contributed by atoms with Crippen LogP contribution in [-0.4, -0.2) is 37.3 Å². The quantitative estimate of drug-likeness (QED) is 0.781. The van der Waals surface area contributed by atoms with Gasteiger partial charge in [-0.05, 0) is 13.0 Å². The van der Waals surface area contributed by atoms with Crippen LogP contribution in [0.1, 0.15) is 19.4 Å². The molecule has 112 valence electrons. The van der Waals surface area contributed by atoms with Crippen molar-refractivity contribution in [3.8, 4) is 0 Å². The molecule has 0 saturated heterocycles. The Hall–Kier alpha value is -1.80. The molecule has 0 saturated carbocycles. The van der Waals surface area contributed by atoms with Gasteiger partial charge in [-0.3, -0.25) is 9.59 Å². The Morgan fingerprint density at radius 1 is 1.57 bits per heavy atom. The van der Waals surface area contributed by atoms with E-state index in [4.69, 9.17) is 22.4 Å². The first-order valence-electron chi connectivity index (χ1n) is 6.05. The monoisotopic (exact) mass is 328 g/mol. The van der Waals surface area contributed by atoms with Gasteiger partial charge in [-0.15, -0.1) is 0 Å². The second-order valence-electron chi connectivity index (χ2n) is 4.46. The van der Waals surface area contributed by atoms with Gasteiger partial charge in [0.25, 0.3) is 0 Å². The number of carboxylic acids is 1. The minimum absolute atomic E-state index is 0.108. The van der Waals surface area contributed by atoms with Gasteiger partial charge >= 0.3 is 5.97 Å². The zero-order valence-corrected chi connectivity index (χ0v) is 12.7. The predicted octanol–water partition coefficient (Wildman–Crippen LogP) is 1.70. The van der Waals surface area contributed by atoms with Gasteiger partial charge in [0.2, 0.25) is 5.91 Å². The fraction of sp³-hybridized carbons (Fsp3) is 0.333. The van der Waals surface area contributed by atoms with Gasteiger partial charge in [0.05, 0.1) is 10.8 Å². The Morgan fingerprint density at radius 2 is 2.29 bits per heavy atom. The summed E-state index contributed by atoms with van der Waals surface area (Å²) in [4.78, 5) is 30.4. The third-order valence-electron chi connectivity index (χ3n) is 2.73. The molecule has 9 heteroatoms. The maximum Gasteiger partial charge on any atom is 0.313 e.